The van der Waals surface area contributed by atoms with Gasteiger partial charge < -0.3 is 21.1 Å². The largest absolute Gasteiger partial charge is 0.377 e. The molecule has 1 aliphatic rings. The van der Waals surface area contributed by atoms with Gasteiger partial charge in [0.2, 0.25) is 11.9 Å². The molecule has 0 bridgehead atoms. The van der Waals surface area contributed by atoms with Crippen LogP contribution < -0.4 is 16.4 Å². The van der Waals surface area contributed by atoms with Crippen molar-refractivity contribution in [3.05, 3.63) is 18.0 Å². The highest BCUT2D eigenvalue weighted by molar-refractivity contribution is 5.83. The number of amides is 1. The van der Waals surface area contributed by atoms with Crippen molar-refractivity contribution < 1.29 is 9.53 Å². The molecule has 92 valence electrons. The Labute approximate surface area is 98.8 Å². The summed E-state index contributed by atoms with van der Waals surface area (Å²) in [6, 6.07) is -0.507. The number of nitrogens with two attached hydrogens (primary N) is 2. The third-order valence-corrected chi connectivity index (χ3v) is 2.64. The van der Waals surface area contributed by atoms with Crippen molar-refractivity contribution in [2.45, 2.75) is 12.6 Å². The Kier molecular flexibility index (Phi) is 3.50. The lowest BCUT2D eigenvalue weighted by atomic mass is 10.2. The Bertz CT molecular complexity index is 394. The Balaban J connectivity index is 2.20. The van der Waals surface area contributed by atoms with Gasteiger partial charge in [-0.25, -0.2) is 9.97 Å². The standard InChI is InChI=1S/C10H15N5O2/c11-3-7-4-13-10(14-5-7)15-1-2-17-6-8(15)9(12)16/h4-5,8H,1-3,6,11H2,(H2,12,16). The molecular weight excluding hydrogens is 222 g/mol. The van der Waals surface area contributed by atoms with E-state index in [1.807, 2.05) is 0 Å². The van der Waals surface area contributed by atoms with Crippen molar-refractivity contribution in [2.75, 3.05) is 24.7 Å². The zero-order chi connectivity index (χ0) is 12.3. The van der Waals surface area contributed by atoms with Gasteiger partial charge in [0.25, 0.3) is 0 Å². The number of carbonyl (C=O) groups excluding carboxylic acids is 1. The van der Waals surface area contributed by atoms with Crippen molar-refractivity contribution in [1.29, 1.82) is 0 Å². The van der Waals surface area contributed by atoms with E-state index in [-0.39, 0.29) is 6.61 Å². The van der Waals surface area contributed by atoms with Gasteiger partial charge in [0.1, 0.15) is 6.04 Å². The van der Waals surface area contributed by atoms with Crippen molar-refractivity contribution in [3.63, 3.8) is 0 Å². The van der Waals surface area contributed by atoms with Crippen molar-refractivity contribution in [3.8, 4) is 0 Å². The van der Waals surface area contributed by atoms with Crippen LogP contribution in [0.1, 0.15) is 5.56 Å². The Hall–Kier alpha value is -1.73. The zero-order valence-electron chi connectivity index (χ0n) is 9.37. The van der Waals surface area contributed by atoms with Crippen LogP contribution in [0.15, 0.2) is 12.4 Å². The maximum absolute atomic E-state index is 11.3. The van der Waals surface area contributed by atoms with Crippen LogP contribution in [0.4, 0.5) is 5.95 Å². The molecular formula is C10H15N5O2. The summed E-state index contributed by atoms with van der Waals surface area (Å²) in [5.41, 5.74) is 11.6. The lowest BCUT2D eigenvalue weighted by Crippen LogP contribution is -2.53. The van der Waals surface area contributed by atoms with Crippen molar-refractivity contribution in [1.82, 2.24) is 9.97 Å². The fraction of sp³-hybridized carbons (Fsp3) is 0.500. The summed E-state index contributed by atoms with van der Waals surface area (Å²) in [6.45, 7) is 1.75. The Morgan fingerprint density at radius 1 is 1.53 bits per heavy atom. The number of ether oxygens (including phenoxy) is 1. The van der Waals surface area contributed by atoms with Gasteiger partial charge in [-0.05, 0) is 0 Å². The average Bonchev–Trinajstić information content (AvgIpc) is 2.39. The lowest BCUT2D eigenvalue weighted by Gasteiger charge is -2.33. The van der Waals surface area contributed by atoms with E-state index < -0.39 is 11.9 Å². The van der Waals surface area contributed by atoms with Gasteiger partial charge in [0.05, 0.1) is 13.2 Å². The van der Waals surface area contributed by atoms with Gasteiger partial charge in [-0.1, -0.05) is 0 Å². The van der Waals surface area contributed by atoms with E-state index >= 15 is 0 Å². The smallest absolute Gasteiger partial charge is 0.242 e. The molecule has 4 N–H and O–H groups in total. The van der Waals surface area contributed by atoms with E-state index in [4.69, 9.17) is 16.2 Å². The Morgan fingerprint density at radius 3 is 2.82 bits per heavy atom. The van der Waals surface area contributed by atoms with Gasteiger partial charge in [0.15, 0.2) is 0 Å². The summed E-state index contributed by atoms with van der Waals surface area (Å²) < 4.78 is 5.22. The van der Waals surface area contributed by atoms with Crippen molar-refractivity contribution in [2.24, 2.45) is 11.5 Å². The molecule has 1 amide bonds. The summed E-state index contributed by atoms with van der Waals surface area (Å²) in [5, 5.41) is 0. The predicted octanol–water partition coefficient (Wildman–Crippen LogP) is -1.37. The second kappa shape index (κ2) is 5.07. The third kappa shape index (κ3) is 2.51. The van der Waals surface area contributed by atoms with Crippen LogP contribution in [0.25, 0.3) is 0 Å². The first-order chi connectivity index (χ1) is 8.22. The third-order valence-electron chi connectivity index (χ3n) is 2.64. The molecule has 0 radical (unpaired) electrons. The quantitative estimate of drug-likeness (QED) is 0.671. The number of primary amides is 1. The van der Waals surface area contributed by atoms with Crippen LogP contribution in [0.2, 0.25) is 0 Å². The molecule has 2 heterocycles. The highest BCUT2D eigenvalue weighted by Crippen LogP contribution is 2.14. The maximum atomic E-state index is 11.3. The molecule has 1 fully saturated rings. The van der Waals surface area contributed by atoms with Crippen LogP contribution >= 0.6 is 0 Å². The molecule has 0 saturated carbocycles. The normalized spacial score (nSPS) is 20.3. The minimum atomic E-state index is -0.507. The lowest BCUT2D eigenvalue weighted by molar-refractivity contribution is -0.121. The summed E-state index contributed by atoms with van der Waals surface area (Å²) in [6.07, 6.45) is 3.30. The number of hydrogen-bond donors (Lipinski definition) is 2. The van der Waals surface area contributed by atoms with E-state index in [9.17, 15) is 4.79 Å². The summed E-state index contributed by atoms with van der Waals surface area (Å²) >= 11 is 0. The number of anilines is 1. The first-order valence-corrected chi connectivity index (χ1v) is 5.37. The summed E-state index contributed by atoms with van der Waals surface area (Å²) in [7, 11) is 0. The molecule has 2 rings (SSSR count). The van der Waals surface area contributed by atoms with Crippen LogP contribution in [-0.2, 0) is 16.1 Å². The molecule has 0 spiro atoms. The molecule has 7 heteroatoms. The minimum absolute atomic E-state index is 0.275. The number of carbonyl (C=O) groups is 1. The van der Waals surface area contributed by atoms with E-state index in [2.05, 4.69) is 9.97 Å². The van der Waals surface area contributed by atoms with Crippen LogP contribution in [0.5, 0.6) is 0 Å². The molecule has 1 saturated heterocycles. The Morgan fingerprint density at radius 2 is 2.24 bits per heavy atom. The minimum Gasteiger partial charge on any atom is -0.377 e. The van der Waals surface area contributed by atoms with E-state index in [0.717, 1.165) is 5.56 Å². The molecule has 1 aliphatic heterocycles. The second-order valence-corrected chi connectivity index (χ2v) is 3.78. The fourth-order valence-electron chi connectivity index (χ4n) is 1.68. The highest BCUT2D eigenvalue weighted by atomic mass is 16.5. The summed E-state index contributed by atoms with van der Waals surface area (Å²) in [4.78, 5) is 21.4. The maximum Gasteiger partial charge on any atom is 0.242 e. The number of rotatable bonds is 3. The second-order valence-electron chi connectivity index (χ2n) is 3.78. The number of aromatic nitrogens is 2. The topological polar surface area (TPSA) is 107 Å². The fourth-order valence-corrected chi connectivity index (χ4v) is 1.68. The van der Waals surface area contributed by atoms with Gasteiger partial charge in [-0.3, -0.25) is 4.79 Å². The number of hydrogen-bond acceptors (Lipinski definition) is 6. The van der Waals surface area contributed by atoms with E-state index in [1.54, 1.807) is 17.3 Å². The van der Waals surface area contributed by atoms with Crippen LogP contribution in [0.3, 0.4) is 0 Å². The molecule has 0 aliphatic carbocycles. The van der Waals surface area contributed by atoms with Crippen LogP contribution in [0, 0.1) is 0 Å². The van der Waals surface area contributed by atoms with Crippen molar-refractivity contribution >= 4 is 11.9 Å². The number of nitrogens with zero attached hydrogens (tertiary/aromatic N) is 3. The molecule has 17 heavy (non-hydrogen) atoms. The molecule has 1 unspecified atom stereocenters. The molecule has 7 nitrogen and oxygen atoms in total. The van der Waals surface area contributed by atoms with Gasteiger partial charge in [0, 0.05) is 31.0 Å². The summed E-state index contributed by atoms with van der Waals surface area (Å²) in [5.74, 6) is 0.0468. The first kappa shape index (κ1) is 11.7. The van der Waals surface area contributed by atoms with Gasteiger partial charge >= 0.3 is 0 Å². The molecule has 1 aromatic rings. The number of morpholine rings is 1. The van der Waals surface area contributed by atoms with Gasteiger partial charge in [-0.2, -0.15) is 0 Å². The first-order valence-electron chi connectivity index (χ1n) is 5.37. The SMILES string of the molecule is NCc1cnc(N2CCOCC2C(N)=O)nc1. The van der Waals surface area contributed by atoms with Crippen LogP contribution in [-0.4, -0.2) is 41.7 Å². The van der Waals surface area contributed by atoms with E-state index in [0.29, 0.717) is 25.6 Å². The highest BCUT2D eigenvalue weighted by Gasteiger charge is 2.29. The van der Waals surface area contributed by atoms with E-state index in [1.165, 1.54) is 0 Å². The molecule has 1 atom stereocenters. The average molecular weight is 237 g/mol. The molecule has 0 aromatic carbocycles. The zero-order valence-corrected chi connectivity index (χ0v) is 9.37. The molecule has 1 aromatic heterocycles. The predicted molar refractivity (Wildman–Crippen MR) is 61.1 cm³/mol. The van der Waals surface area contributed by atoms with Gasteiger partial charge in [-0.15, -0.1) is 0 Å². The monoisotopic (exact) mass is 237 g/mol.